The van der Waals surface area contributed by atoms with Crippen LogP contribution in [0.1, 0.15) is 26.0 Å². The third-order valence-electron chi connectivity index (χ3n) is 3.05. The van der Waals surface area contributed by atoms with Gasteiger partial charge < -0.3 is 5.32 Å². The maximum absolute atomic E-state index is 12.0. The third kappa shape index (κ3) is 7.03. The second kappa shape index (κ2) is 8.47. The van der Waals surface area contributed by atoms with E-state index in [0.29, 0.717) is 25.6 Å². The fourth-order valence-electron chi connectivity index (χ4n) is 1.83. The van der Waals surface area contributed by atoms with E-state index in [9.17, 15) is 8.42 Å². The fraction of sp³-hybridized carbons (Fsp3) is 0.769. The standard InChI is InChI=1S/C13H27N5O2S/c1-12(2)14-8-5-10-18(4)21(19,20)15-9-6-13-7-11-17(3)16-13/h7,11-12,14-15H,5-6,8-10H2,1-4H3. The predicted molar refractivity (Wildman–Crippen MR) is 84.2 cm³/mol. The van der Waals surface area contributed by atoms with Crippen LogP contribution in [-0.4, -0.2) is 55.2 Å². The minimum Gasteiger partial charge on any atom is -0.314 e. The molecule has 7 nitrogen and oxygen atoms in total. The molecule has 1 aromatic rings. The SMILES string of the molecule is CC(C)NCCCN(C)S(=O)(=O)NCCc1ccn(C)n1. The molecule has 2 N–H and O–H groups in total. The molecular weight excluding hydrogens is 290 g/mol. The molecule has 0 spiro atoms. The second-order valence-corrected chi connectivity index (χ2v) is 7.28. The number of hydrogen-bond donors (Lipinski definition) is 2. The summed E-state index contributed by atoms with van der Waals surface area (Å²) in [4.78, 5) is 0. The van der Waals surface area contributed by atoms with E-state index in [1.807, 2.05) is 19.3 Å². The highest BCUT2D eigenvalue weighted by Gasteiger charge is 2.16. The summed E-state index contributed by atoms with van der Waals surface area (Å²) in [5.41, 5.74) is 0.879. The van der Waals surface area contributed by atoms with Crippen molar-refractivity contribution in [2.24, 2.45) is 7.05 Å². The van der Waals surface area contributed by atoms with Gasteiger partial charge in [0, 0.05) is 45.8 Å². The van der Waals surface area contributed by atoms with E-state index >= 15 is 0 Å². The van der Waals surface area contributed by atoms with Gasteiger partial charge in [-0.05, 0) is 19.0 Å². The molecule has 0 bridgehead atoms. The summed E-state index contributed by atoms with van der Waals surface area (Å²) in [6, 6.07) is 2.30. The van der Waals surface area contributed by atoms with Gasteiger partial charge in [0.15, 0.2) is 0 Å². The van der Waals surface area contributed by atoms with Gasteiger partial charge >= 0.3 is 0 Å². The van der Waals surface area contributed by atoms with E-state index in [-0.39, 0.29) is 0 Å². The van der Waals surface area contributed by atoms with Crippen LogP contribution in [0.3, 0.4) is 0 Å². The van der Waals surface area contributed by atoms with Gasteiger partial charge in [0.2, 0.25) is 0 Å². The lowest BCUT2D eigenvalue weighted by molar-refractivity contribution is 0.439. The molecule has 1 heterocycles. The Hall–Kier alpha value is -0.960. The molecule has 1 aromatic heterocycles. The highest BCUT2D eigenvalue weighted by Crippen LogP contribution is 1.98. The van der Waals surface area contributed by atoms with Crippen LogP contribution in [0.4, 0.5) is 0 Å². The summed E-state index contributed by atoms with van der Waals surface area (Å²) < 4.78 is 29.7. The molecule has 0 aromatic carbocycles. The molecule has 21 heavy (non-hydrogen) atoms. The molecular formula is C13H27N5O2S. The molecule has 0 aliphatic heterocycles. The van der Waals surface area contributed by atoms with Crippen molar-refractivity contribution in [3.63, 3.8) is 0 Å². The second-order valence-electron chi connectivity index (χ2n) is 5.41. The van der Waals surface area contributed by atoms with Gasteiger partial charge in [-0.25, -0.2) is 4.72 Å². The van der Waals surface area contributed by atoms with Crippen LogP contribution in [-0.2, 0) is 23.7 Å². The van der Waals surface area contributed by atoms with Crippen molar-refractivity contribution in [1.82, 2.24) is 24.1 Å². The maximum atomic E-state index is 12.0. The Balaban J connectivity index is 2.28. The first-order valence-corrected chi connectivity index (χ1v) is 8.68. The van der Waals surface area contributed by atoms with Crippen LogP contribution >= 0.6 is 0 Å². The maximum Gasteiger partial charge on any atom is 0.279 e. The Bertz CT molecular complexity index is 512. The number of nitrogens with zero attached hydrogens (tertiary/aromatic N) is 3. The molecule has 0 unspecified atom stereocenters. The summed E-state index contributed by atoms with van der Waals surface area (Å²) in [5.74, 6) is 0. The van der Waals surface area contributed by atoms with Crippen molar-refractivity contribution in [2.75, 3.05) is 26.7 Å². The molecule has 0 aliphatic carbocycles. The average molecular weight is 317 g/mol. The van der Waals surface area contributed by atoms with Gasteiger partial charge in [0.25, 0.3) is 10.2 Å². The number of aryl methyl sites for hydroxylation is 1. The number of aromatic nitrogens is 2. The number of rotatable bonds is 10. The zero-order valence-corrected chi connectivity index (χ0v) is 14.2. The minimum absolute atomic E-state index is 0.355. The van der Waals surface area contributed by atoms with Gasteiger partial charge in [-0.1, -0.05) is 13.8 Å². The van der Waals surface area contributed by atoms with Crippen molar-refractivity contribution in [3.8, 4) is 0 Å². The summed E-state index contributed by atoms with van der Waals surface area (Å²) >= 11 is 0. The zero-order chi connectivity index (χ0) is 15.9. The number of hydrogen-bond acceptors (Lipinski definition) is 4. The van der Waals surface area contributed by atoms with Crippen molar-refractivity contribution >= 4 is 10.2 Å². The third-order valence-corrected chi connectivity index (χ3v) is 4.62. The highest BCUT2D eigenvalue weighted by atomic mass is 32.2. The Labute approximate surface area is 127 Å². The zero-order valence-electron chi connectivity index (χ0n) is 13.3. The Morgan fingerprint density at radius 1 is 1.38 bits per heavy atom. The van der Waals surface area contributed by atoms with Crippen LogP contribution in [0.2, 0.25) is 0 Å². The summed E-state index contributed by atoms with van der Waals surface area (Å²) in [5, 5.41) is 7.48. The smallest absolute Gasteiger partial charge is 0.279 e. The molecule has 0 saturated heterocycles. The lowest BCUT2D eigenvalue weighted by Gasteiger charge is -2.18. The Morgan fingerprint density at radius 3 is 2.67 bits per heavy atom. The summed E-state index contributed by atoms with van der Waals surface area (Å²) in [7, 11) is 0.0323. The van der Waals surface area contributed by atoms with Crippen LogP contribution in [0.25, 0.3) is 0 Å². The van der Waals surface area contributed by atoms with Crippen LogP contribution < -0.4 is 10.0 Å². The fourth-order valence-corrected chi connectivity index (χ4v) is 2.78. The topological polar surface area (TPSA) is 79.3 Å². The van der Waals surface area contributed by atoms with Gasteiger partial charge in [-0.2, -0.15) is 17.8 Å². The Kier molecular flexibility index (Phi) is 7.30. The minimum atomic E-state index is -3.40. The van der Waals surface area contributed by atoms with Crippen molar-refractivity contribution in [3.05, 3.63) is 18.0 Å². The Morgan fingerprint density at radius 2 is 2.10 bits per heavy atom. The first-order valence-electron chi connectivity index (χ1n) is 7.24. The molecule has 0 aliphatic rings. The molecule has 0 radical (unpaired) electrons. The first-order chi connectivity index (χ1) is 9.81. The molecule has 122 valence electrons. The van der Waals surface area contributed by atoms with E-state index in [1.54, 1.807) is 11.7 Å². The van der Waals surface area contributed by atoms with E-state index in [0.717, 1.165) is 18.7 Å². The van der Waals surface area contributed by atoms with Crippen LogP contribution in [0.15, 0.2) is 12.3 Å². The van der Waals surface area contributed by atoms with E-state index < -0.39 is 10.2 Å². The molecule has 0 atom stereocenters. The van der Waals surface area contributed by atoms with Crippen molar-refractivity contribution in [1.29, 1.82) is 0 Å². The molecule has 0 saturated carbocycles. The molecule has 0 amide bonds. The normalized spacial score (nSPS) is 12.5. The summed E-state index contributed by atoms with van der Waals surface area (Å²) in [6.45, 7) is 5.80. The van der Waals surface area contributed by atoms with E-state index in [1.165, 1.54) is 4.31 Å². The largest absolute Gasteiger partial charge is 0.314 e. The lowest BCUT2D eigenvalue weighted by Crippen LogP contribution is -2.40. The van der Waals surface area contributed by atoms with Gasteiger partial charge in [-0.3, -0.25) is 4.68 Å². The number of nitrogens with one attached hydrogen (secondary N) is 2. The van der Waals surface area contributed by atoms with Crippen molar-refractivity contribution in [2.45, 2.75) is 32.7 Å². The summed E-state index contributed by atoms with van der Waals surface area (Å²) in [6.07, 6.45) is 3.22. The average Bonchev–Trinajstić information content (AvgIpc) is 2.79. The van der Waals surface area contributed by atoms with E-state index in [2.05, 4.69) is 29.0 Å². The van der Waals surface area contributed by atoms with Crippen molar-refractivity contribution < 1.29 is 8.42 Å². The van der Waals surface area contributed by atoms with Gasteiger partial charge in [-0.15, -0.1) is 0 Å². The quantitative estimate of drug-likeness (QED) is 0.601. The molecule has 1 rings (SSSR count). The lowest BCUT2D eigenvalue weighted by atomic mass is 10.3. The van der Waals surface area contributed by atoms with Crippen LogP contribution in [0.5, 0.6) is 0 Å². The van der Waals surface area contributed by atoms with Gasteiger partial charge in [0.05, 0.1) is 5.69 Å². The predicted octanol–water partition coefficient (Wildman–Crippen LogP) is 0.117. The molecule has 8 heteroatoms. The molecule has 0 fully saturated rings. The van der Waals surface area contributed by atoms with E-state index in [4.69, 9.17) is 0 Å². The van der Waals surface area contributed by atoms with Gasteiger partial charge in [0.1, 0.15) is 0 Å². The highest BCUT2D eigenvalue weighted by molar-refractivity contribution is 7.87. The monoisotopic (exact) mass is 317 g/mol. The van der Waals surface area contributed by atoms with Crippen LogP contribution in [0, 0.1) is 0 Å². The first kappa shape index (κ1) is 18.1.